The Morgan fingerprint density at radius 1 is 1.32 bits per heavy atom. The number of rotatable bonds is 9. The normalized spacial score (nSPS) is 16.5. The van der Waals surface area contributed by atoms with E-state index in [1.54, 1.807) is 0 Å². The lowest BCUT2D eigenvalue weighted by Gasteiger charge is -2.18. The van der Waals surface area contributed by atoms with E-state index in [-0.39, 0.29) is 0 Å². The molecule has 1 atom stereocenters. The molecule has 1 unspecified atom stereocenters. The summed E-state index contributed by atoms with van der Waals surface area (Å²) in [6.07, 6.45) is 6.93. The Balaban J connectivity index is 1.74. The minimum absolute atomic E-state index is 0.675. The first-order chi connectivity index (χ1) is 9.28. The topological polar surface area (TPSA) is 12.0 Å². The van der Waals surface area contributed by atoms with Crippen LogP contribution in [0.1, 0.15) is 39.0 Å². The van der Waals surface area contributed by atoms with Gasteiger partial charge >= 0.3 is 0 Å². The van der Waals surface area contributed by atoms with Gasteiger partial charge in [0, 0.05) is 21.2 Å². The van der Waals surface area contributed by atoms with E-state index in [2.05, 4.69) is 52.4 Å². The molecule has 1 N–H and O–H groups in total. The van der Waals surface area contributed by atoms with Crippen molar-refractivity contribution in [3.63, 3.8) is 0 Å². The first-order valence-corrected chi connectivity index (χ1v) is 9.17. The van der Waals surface area contributed by atoms with Crippen molar-refractivity contribution < 1.29 is 0 Å². The Morgan fingerprint density at radius 2 is 2.05 bits per heavy atom. The standard InChI is InChI=1S/C16H24BrNS/c1-2-11-18-15(8-5-13-3-4-13)12-19-16-9-6-14(17)7-10-16/h6-7,9-10,13,15,18H,2-5,8,11-12H2,1H3. The van der Waals surface area contributed by atoms with Crippen molar-refractivity contribution in [2.45, 2.75) is 50.0 Å². The van der Waals surface area contributed by atoms with Gasteiger partial charge in [0.1, 0.15) is 0 Å². The zero-order chi connectivity index (χ0) is 13.5. The maximum absolute atomic E-state index is 3.70. The molecule has 1 saturated carbocycles. The average Bonchev–Trinajstić information content (AvgIpc) is 3.24. The van der Waals surface area contributed by atoms with Crippen LogP contribution in [0.25, 0.3) is 0 Å². The van der Waals surface area contributed by atoms with Crippen LogP contribution in [0.15, 0.2) is 33.6 Å². The van der Waals surface area contributed by atoms with Gasteiger partial charge in [0.15, 0.2) is 0 Å². The smallest absolute Gasteiger partial charge is 0.0176 e. The van der Waals surface area contributed by atoms with Gasteiger partial charge in [-0.1, -0.05) is 35.7 Å². The van der Waals surface area contributed by atoms with E-state index in [9.17, 15) is 0 Å². The van der Waals surface area contributed by atoms with Crippen LogP contribution in [0, 0.1) is 5.92 Å². The second-order valence-electron chi connectivity index (χ2n) is 5.44. The molecule has 0 radical (unpaired) electrons. The third-order valence-electron chi connectivity index (χ3n) is 3.57. The predicted octanol–water partition coefficient (Wildman–Crippen LogP) is 5.10. The second kappa shape index (κ2) is 8.33. The Labute approximate surface area is 130 Å². The molecule has 0 saturated heterocycles. The van der Waals surface area contributed by atoms with Crippen molar-refractivity contribution in [2.75, 3.05) is 12.3 Å². The van der Waals surface area contributed by atoms with Crippen LogP contribution < -0.4 is 5.32 Å². The van der Waals surface area contributed by atoms with Crippen LogP contribution in [-0.4, -0.2) is 18.3 Å². The quantitative estimate of drug-likeness (QED) is 0.627. The highest BCUT2D eigenvalue weighted by Gasteiger charge is 2.22. The number of thioether (sulfide) groups is 1. The molecule has 2 rings (SSSR count). The van der Waals surface area contributed by atoms with Crippen molar-refractivity contribution in [1.29, 1.82) is 0 Å². The van der Waals surface area contributed by atoms with E-state index in [1.165, 1.54) is 42.8 Å². The lowest BCUT2D eigenvalue weighted by molar-refractivity contribution is 0.489. The maximum Gasteiger partial charge on any atom is 0.0176 e. The minimum Gasteiger partial charge on any atom is -0.313 e. The van der Waals surface area contributed by atoms with Crippen LogP contribution in [0.3, 0.4) is 0 Å². The number of hydrogen-bond acceptors (Lipinski definition) is 2. The zero-order valence-corrected chi connectivity index (χ0v) is 14.1. The molecule has 1 aliphatic rings. The van der Waals surface area contributed by atoms with Crippen molar-refractivity contribution in [1.82, 2.24) is 5.32 Å². The molecule has 1 aromatic rings. The van der Waals surface area contributed by atoms with E-state index >= 15 is 0 Å². The molecule has 0 bridgehead atoms. The molecule has 3 heteroatoms. The summed E-state index contributed by atoms with van der Waals surface area (Å²) in [7, 11) is 0. The van der Waals surface area contributed by atoms with Crippen LogP contribution in [0.4, 0.5) is 0 Å². The highest BCUT2D eigenvalue weighted by Crippen LogP contribution is 2.34. The second-order valence-corrected chi connectivity index (χ2v) is 7.45. The van der Waals surface area contributed by atoms with Crippen molar-refractivity contribution >= 4 is 27.7 Å². The van der Waals surface area contributed by atoms with Crippen LogP contribution in [0.5, 0.6) is 0 Å². The van der Waals surface area contributed by atoms with E-state index in [0.29, 0.717) is 6.04 Å². The predicted molar refractivity (Wildman–Crippen MR) is 88.9 cm³/mol. The van der Waals surface area contributed by atoms with Crippen molar-refractivity contribution in [3.05, 3.63) is 28.7 Å². The molecule has 0 spiro atoms. The lowest BCUT2D eigenvalue weighted by Crippen LogP contribution is -2.32. The van der Waals surface area contributed by atoms with Gasteiger partial charge < -0.3 is 5.32 Å². The lowest BCUT2D eigenvalue weighted by atomic mass is 10.1. The minimum atomic E-state index is 0.675. The third-order valence-corrected chi connectivity index (χ3v) is 5.27. The first-order valence-electron chi connectivity index (χ1n) is 7.39. The molecule has 0 heterocycles. The summed E-state index contributed by atoms with van der Waals surface area (Å²) in [6, 6.07) is 9.33. The molecule has 19 heavy (non-hydrogen) atoms. The summed E-state index contributed by atoms with van der Waals surface area (Å²) in [4.78, 5) is 1.37. The van der Waals surface area contributed by atoms with Crippen molar-refractivity contribution in [2.24, 2.45) is 5.92 Å². The van der Waals surface area contributed by atoms with Gasteiger partial charge in [-0.15, -0.1) is 11.8 Å². The summed E-state index contributed by atoms with van der Waals surface area (Å²) in [5.74, 6) is 2.23. The highest BCUT2D eigenvalue weighted by molar-refractivity contribution is 9.10. The van der Waals surface area contributed by atoms with E-state index in [4.69, 9.17) is 0 Å². The van der Waals surface area contributed by atoms with Gasteiger partial charge in [-0.2, -0.15) is 0 Å². The number of halogens is 1. The molecule has 1 fully saturated rings. The zero-order valence-electron chi connectivity index (χ0n) is 11.7. The maximum atomic E-state index is 3.70. The largest absolute Gasteiger partial charge is 0.313 e. The Hall–Kier alpha value is 0.01000. The Morgan fingerprint density at radius 3 is 2.68 bits per heavy atom. The molecule has 0 aromatic heterocycles. The van der Waals surface area contributed by atoms with Gasteiger partial charge in [-0.25, -0.2) is 0 Å². The molecule has 1 aliphatic carbocycles. The Kier molecular flexibility index (Phi) is 6.75. The monoisotopic (exact) mass is 341 g/mol. The molecule has 1 aromatic carbocycles. The van der Waals surface area contributed by atoms with Gasteiger partial charge in [0.25, 0.3) is 0 Å². The molecular formula is C16H24BrNS. The first kappa shape index (κ1) is 15.4. The van der Waals surface area contributed by atoms with E-state index < -0.39 is 0 Å². The molecule has 0 aliphatic heterocycles. The Bertz CT molecular complexity index is 362. The summed E-state index contributed by atoms with van der Waals surface area (Å²) in [5.41, 5.74) is 0. The van der Waals surface area contributed by atoms with Crippen molar-refractivity contribution in [3.8, 4) is 0 Å². The average molecular weight is 342 g/mol. The highest BCUT2D eigenvalue weighted by atomic mass is 79.9. The van der Waals surface area contributed by atoms with E-state index in [0.717, 1.165) is 16.9 Å². The summed E-state index contributed by atoms with van der Waals surface area (Å²) in [5, 5.41) is 3.70. The fourth-order valence-corrected chi connectivity index (χ4v) is 3.43. The SMILES string of the molecule is CCCNC(CCC1CC1)CSc1ccc(Br)cc1. The fourth-order valence-electron chi connectivity index (χ4n) is 2.16. The molecule has 0 amide bonds. The summed E-state index contributed by atoms with van der Waals surface area (Å²) < 4.78 is 1.16. The van der Waals surface area contributed by atoms with Crippen LogP contribution >= 0.6 is 27.7 Å². The number of hydrogen-bond donors (Lipinski definition) is 1. The van der Waals surface area contributed by atoms with Crippen LogP contribution in [-0.2, 0) is 0 Å². The van der Waals surface area contributed by atoms with E-state index in [1.807, 2.05) is 11.8 Å². The van der Waals surface area contributed by atoms with Gasteiger partial charge in [0.2, 0.25) is 0 Å². The fraction of sp³-hybridized carbons (Fsp3) is 0.625. The molecular weight excluding hydrogens is 318 g/mol. The molecule has 1 nitrogen and oxygen atoms in total. The number of nitrogens with one attached hydrogen (secondary N) is 1. The van der Waals surface area contributed by atoms with Gasteiger partial charge in [-0.05, 0) is 56.0 Å². The van der Waals surface area contributed by atoms with Gasteiger partial charge in [0.05, 0.1) is 0 Å². The number of benzene rings is 1. The summed E-state index contributed by atoms with van der Waals surface area (Å²) >= 11 is 5.46. The molecule has 106 valence electrons. The summed E-state index contributed by atoms with van der Waals surface area (Å²) in [6.45, 7) is 3.39. The van der Waals surface area contributed by atoms with Gasteiger partial charge in [-0.3, -0.25) is 0 Å². The van der Waals surface area contributed by atoms with Crippen LogP contribution in [0.2, 0.25) is 0 Å². The third kappa shape index (κ3) is 6.33.